The number of nitrogens with two attached hydrogens (primary N) is 1. The van der Waals surface area contributed by atoms with Crippen molar-refractivity contribution in [1.82, 2.24) is 15.1 Å². The maximum Gasteiger partial charge on any atom is 0.224 e. The fourth-order valence-corrected chi connectivity index (χ4v) is 3.61. The maximum absolute atomic E-state index is 12.5. The fraction of sp³-hybridized carbons (Fsp3) is 0.778. The molecule has 0 aliphatic heterocycles. The Morgan fingerprint density at radius 1 is 1.33 bits per heavy atom. The second kappa shape index (κ2) is 9.42. The average molecular weight is 357 g/mol. The molecular formula is C18H33ClN4O. The van der Waals surface area contributed by atoms with Gasteiger partial charge in [0.15, 0.2) is 0 Å². The molecule has 2 rings (SSSR count). The standard InChI is InChI=1S/C18H32N4O.ClH/c1-12(2)11-22-14(4)16(13(3)21-22)9-18(23)20-17-8-6-5-7-15(17)10-19;/h12,15,17H,5-11,19H2,1-4H3,(H,20,23);1H. The van der Waals surface area contributed by atoms with Crippen LogP contribution in [0.3, 0.4) is 0 Å². The van der Waals surface area contributed by atoms with Crippen molar-refractivity contribution in [3.63, 3.8) is 0 Å². The van der Waals surface area contributed by atoms with Gasteiger partial charge in [0, 0.05) is 23.8 Å². The Balaban J connectivity index is 0.00000288. The highest BCUT2D eigenvalue weighted by atomic mass is 35.5. The summed E-state index contributed by atoms with van der Waals surface area (Å²) in [7, 11) is 0. The lowest BCUT2D eigenvalue weighted by Crippen LogP contribution is -2.45. The zero-order valence-electron chi connectivity index (χ0n) is 15.5. The molecule has 0 aromatic carbocycles. The zero-order valence-corrected chi connectivity index (χ0v) is 16.3. The normalized spacial score (nSPS) is 20.8. The molecule has 1 amide bonds. The van der Waals surface area contributed by atoms with Gasteiger partial charge in [-0.3, -0.25) is 9.48 Å². The van der Waals surface area contributed by atoms with Crippen LogP contribution < -0.4 is 11.1 Å². The Morgan fingerprint density at radius 2 is 2.00 bits per heavy atom. The molecule has 1 fully saturated rings. The van der Waals surface area contributed by atoms with E-state index in [0.717, 1.165) is 36.3 Å². The molecule has 0 radical (unpaired) electrons. The number of nitrogens with one attached hydrogen (secondary N) is 1. The molecule has 2 atom stereocenters. The number of halogens is 1. The van der Waals surface area contributed by atoms with Crippen molar-refractivity contribution >= 4 is 18.3 Å². The van der Waals surface area contributed by atoms with Crippen molar-refractivity contribution in [3.8, 4) is 0 Å². The first-order valence-corrected chi connectivity index (χ1v) is 8.94. The molecule has 24 heavy (non-hydrogen) atoms. The van der Waals surface area contributed by atoms with E-state index in [9.17, 15) is 4.79 Å². The third kappa shape index (κ3) is 5.21. The minimum absolute atomic E-state index is 0. The minimum Gasteiger partial charge on any atom is -0.353 e. The van der Waals surface area contributed by atoms with Gasteiger partial charge in [-0.15, -0.1) is 12.4 Å². The van der Waals surface area contributed by atoms with Gasteiger partial charge in [0.2, 0.25) is 5.91 Å². The summed E-state index contributed by atoms with van der Waals surface area (Å²) < 4.78 is 2.03. The lowest BCUT2D eigenvalue weighted by Gasteiger charge is -2.31. The van der Waals surface area contributed by atoms with Crippen LogP contribution in [0.5, 0.6) is 0 Å². The number of aryl methyl sites for hydroxylation is 1. The number of hydrogen-bond acceptors (Lipinski definition) is 3. The minimum atomic E-state index is 0. The summed E-state index contributed by atoms with van der Waals surface area (Å²) in [5.74, 6) is 1.08. The summed E-state index contributed by atoms with van der Waals surface area (Å²) in [6.07, 6.45) is 5.02. The molecule has 0 spiro atoms. The third-order valence-electron chi connectivity index (χ3n) is 4.96. The third-order valence-corrected chi connectivity index (χ3v) is 4.96. The van der Waals surface area contributed by atoms with Crippen molar-refractivity contribution in [2.45, 2.75) is 72.4 Å². The van der Waals surface area contributed by atoms with Crippen LogP contribution in [-0.2, 0) is 17.8 Å². The van der Waals surface area contributed by atoms with Crippen LogP contribution in [0.25, 0.3) is 0 Å². The molecular weight excluding hydrogens is 324 g/mol. The Morgan fingerprint density at radius 3 is 2.62 bits per heavy atom. The quantitative estimate of drug-likeness (QED) is 0.823. The molecule has 1 heterocycles. The fourth-order valence-electron chi connectivity index (χ4n) is 3.61. The van der Waals surface area contributed by atoms with Crippen LogP contribution in [0.1, 0.15) is 56.5 Å². The van der Waals surface area contributed by atoms with E-state index in [4.69, 9.17) is 5.73 Å². The highest BCUT2D eigenvalue weighted by Gasteiger charge is 2.26. The zero-order chi connectivity index (χ0) is 17.0. The van der Waals surface area contributed by atoms with Crippen molar-refractivity contribution < 1.29 is 4.79 Å². The Hall–Kier alpha value is -1.07. The summed E-state index contributed by atoms with van der Waals surface area (Å²) in [4.78, 5) is 12.5. The molecule has 1 aliphatic carbocycles. The second-order valence-electron chi connectivity index (χ2n) is 7.36. The number of amides is 1. The van der Waals surface area contributed by atoms with Crippen molar-refractivity contribution in [3.05, 3.63) is 17.0 Å². The molecule has 0 saturated heterocycles. The first-order valence-electron chi connectivity index (χ1n) is 8.94. The largest absolute Gasteiger partial charge is 0.353 e. The van der Waals surface area contributed by atoms with E-state index < -0.39 is 0 Å². The van der Waals surface area contributed by atoms with Crippen LogP contribution in [0.2, 0.25) is 0 Å². The van der Waals surface area contributed by atoms with Gasteiger partial charge in [-0.2, -0.15) is 5.10 Å². The summed E-state index contributed by atoms with van der Waals surface area (Å²) >= 11 is 0. The molecule has 2 unspecified atom stereocenters. The number of rotatable bonds is 6. The SMILES string of the molecule is Cc1nn(CC(C)C)c(C)c1CC(=O)NC1CCCCC1CN.Cl. The molecule has 1 aromatic heterocycles. The number of aromatic nitrogens is 2. The van der Waals surface area contributed by atoms with Crippen LogP contribution >= 0.6 is 12.4 Å². The lowest BCUT2D eigenvalue weighted by atomic mass is 9.84. The van der Waals surface area contributed by atoms with E-state index in [1.807, 2.05) is 11.6 Å². The monoisotopic (exact) mass is 356 g/mol. The molecule has 1 saturated carbocycles. The molecule has 6 heteroatoms. The van der Waals surface area contributed by atoms with Crippen LogP contribution in [0.4, 0.5) is 0 Å². The van der Waals surface area contributed by atoms with E-state index in [0.29, 0.717) is 24.8 Å². The van der Waals surface area contributed by atoms with Gasteiger partial charge in [0.1, 0.15) is 0 Å². The molecule has 138 valence electrons. The molecule has 3 N–H and O–H groups in total. The summed E-state index contributed by atoms with van der Waals surface area (Å²) in [5, 5.41) is 7.81. The molecule has 0 bridgehead atoms. The maximum atomic E-state index is 12.5. The van der Waals surface area contributed by atoms with Gasteiger partial charge in [-0.05, 0) is 45.1 Å². The Kier molecular flexibility index (Phi) is 8.23. The highest BCUT2D eigenvalue weighted by molar-refractivity contribution is 5.85. The van der Waals surface area contributed by atoms with Crippen LogP contribution in [0.15, 0.2) is 0 Å². The number of carbonyl (C=O) groups excluding carboxylic acids is 1. The lowest BCUT2D eigenvalue weighted by molar-refractivity contribution is -0.121. The van der Waals surface area contributed by atoms with Crippen LogP contribution in [0, 0.1) is 25.7 Å². The van der Waals surface area contributed by atoms with Gasteiger partial charge in [-0.1, -0.05) is 26.7 Å². The predicted octanol–water partition coefficient (Wildman–Crippen LogP) is 2.75. The van der Waals surface area contributed by atoms with E-state index in [2.05, 4.69) is 31.2 Å². The first-order chi connectivity index (χ1) is 10.9. The van der Waals surface area contributed by atoms with Crippen LogP contribution in [-0.4, -0.2) is 28.3 Å². The van der Waals surface area contributed by atoms with Gasteiger partial charge in [0.05, 0.1) is 12.1 Å². The topological polar surface area (TPSA) is 72.9 Å². The number of nitrogens with zero attached hydrogens (tertiary/aromatic N) is 2. The second-order valence-corrected chi connectivity index (χ2v) is 7.36. The van der Waals surface area contributed by atoms with Crippen molar-refractivity contribution in [2.24, 2.45) is 17.6 Å². The number of carbonyl (C=O) groups is 1. The van der Waals surface area contributed by atoms with Gasteiger partial charge < -0.3 is 11.1 Å². The van der Waals surface area contributed by atoms with E-state index in [-0.39, 0.29) is 24.4 Å². The smallest absolute Gasteiger partial charge is 0.224 e. The summed E-state index contributed by atoms with van der Waals surface area (Å²) in [6.45, 7) is 9.98. The van der Waals surface area contributed by atoms with E-state index in [1.165, 1.54) is 12.8 Å². The highest BCUT2D eigenvalue weighted by Crippen LogP contribution is 2.24. The average Bonchev–Trinajstić information content (AvgIpc) is 2.74. The van der Waals surface area contributed by atoms with Gasteiger partial charge in [0.25, 0.3) is 0 Å². The molecule has 1 aromatic rings. The van der Waals surface area contributed by atoms with Crippen molar-refractivity contribution in [1.29, 1.82) is 0 Å². The summed E-state index contributed by atoms with van der Waals surface area (Å²) in [6, 6.07) is 0.243. The number of hydrogen-bond donors (Lipinski definition) is 2. The van der Waals surface area contributed by atoms with Gasteiger partial charge in [-0.25, -0.2) is 0 Å². The van der Waals surface area contributed by atoms with Crippen molar-refractivity contribution in [2.75, 3.05) is 6.54 Å². The molecule has 5 nitrogen and oxygen atoms in total. The Labute approximate surface area is 152 Å². The predicted molar refractivity (Wildman–Crippen MR) is 100 cm³/mol. The summed E-state index contributed by atoms with van der Waals surface area (Å²) in [5.41, 5.74) is 9.01. The molecule has 1 aliphatic rings. The first kappa shape index (κ1) is 21.0. The van der Waals surface area contributed by atoms with E-state index in [1.54, 1.807) is 0 Å². The van der Waals surface area contributed by atoms with E-state index >= 15 is 0 Å². The van der Waals surface area contributed by atoms with Gasteiger partial charge >= 0.3 is 0 Å². The Bertz CT molecular complexity index is 541.